The first-order valence-corrected chi connectivity index (χ1v) is 12.6. The summed E-state index contributed by atoms with van der Waals surface area (Å²) in [5, 5.41) is 3.45. The number of thiazole rings is 1. The fraction of sp³-hybridized carbons (Fsp3) is 0.583. The van der Waals surface area contributed by atoms with Crippen molar-refractivity contribution in [3.8, 4) is 5.19 Å². The quantitative estimate of drug-likeness (QED) is 0.532. The Labute approximate surface area is 202 Å². The van der Waals surface area contributed by atoms with Gasteiger partial charge in [0.1, 0.15) is 6.33 Å². The van der Waals surface area contributed by atoms with E-state index in [0.717, 1.165) is 81.2 Å². The molecule has 2 aliphatic rings. The number of carbonyl (C=O) groups excluding carboxylic acids is 1. The number of aromatic nitrogens is 3. The molecule has 1 amide bonds. The summed E-state index contributed by atoms with van der Waals surface area (Å²) in [6.45, 7) is 2.93. The smallest absolute Gasteiger partial charge is 0.278 e. The molecule has 10 heteroatoms. The molecule has 1 saturated carbocycles. The number of amides is 1. The molecule has 184 valence electrons. The lowest BCUT2D eigenvalue weighted by Gasteiger charge is -2.31. The van der Waals surface area contributed by atoms with Gasteiger partial charge in [-0.25, -0.2) is 23.7 Å². The number of carbonyl (C=O) groups is 1. The van der Waals surface area contributed by atoms with Gasteiger partial charge in [0.2, 0.25) is 5.91 Å². The summed E-state index contributed by atoms with van der Waals surface area (Å²) in [5.41, 5.74) is 1.77. The zero-order chi connectivity index (χ0) is 24.0. The Morgan fingerprint density at radius 2 is 2.06 bits per heavy atom. The molecule has 7 nitrogen and oxygen atoms in total. The molecule has 0 bridgehead atoms. The third kappa shape index (κ3) is 7.53. The molecule has 3 heterocycles. The van der Waals surface area contributed by atoms with Crippen molar-refractivity contribution in [2.24, 2.45) is 5.92 Å². The molecular formula is C24H31F2N5O2S. The van der Waals surface area contributed by atoms with Crippen LogP contribution < -0.4 is 10.1 Å². The average Bonchev–Trinajstić information content (AvgIpc) is 3.24. The molecule has 0 spiro atoms. The van der Waals surface area contributed by atoms with Crippen LogP contribution in [0, 0.1) is 5.92 Å². The van der Waals surface area contributed by atoms with E-state index in [9.17, 15) is 13.6 Å². The summed E-state index contributed by atoms with van der Waals surface area (Å²) in [4.78, 5) is 28.0. The van der Waals surface area contributed by atoms with Gasteiger partial charge in [-0.15, -0.1) is 0 Å². The molecule has 1 fully saturated rings. The zero-order valence-corrected chi connectivity index (χ0v) is 20.2. The predicted octanol–water partition coefficient (Wildman–Crippen LogP) is 4.10. The Hall–Kier alpha value is -2.46. The van der Waals surface area contributed by atoms with Gasteiger partial charge in [-0.1, -0.05) is 11.3 Å². The molecule has 4 rings (SSSR count). The van der Waals surface area contributed by atoms with Crippen molar-refractivity contribution in [2.75, 3.05) is 19.7 Å². The first-order valence-electron chi connectivity index (χ1n) is 11.8. The molecule has 0 saturated heterocycles. The number of nitrogens with one attached hydrogen (secondary N) is 1. The molecular weight excluding hydrogens is 460 g/mol. The number of ether oxygens (including phenoxy) is 1. The molecule has 2 aromatic heterocycles. The van der Waals surface area contributed by atoms with E-state index in [0.29, 0.717) is 11.1 Å². The lowest BCUT2D eigenvalue weighted by molar-refractivity contribution is -0.117. The van der Waals surface area contributed by atoms with Crippen molar-refractivity contribution in [3.05, 3.63) is 40.9 Å². The van der Waals surface area contributed by atoms with Crippen LogP contribution in [0.4, 0.5) is 8.78 Å². The molecule has 1 N–H and O–H groups in total. The number of rotatable bonds is 9. The van der Waals surface area contributed by atoms with E-state index in [4.69, 9.17) is 4.74 Å². The van der Waals surface area contributed by atoms with E-state index in [-0.39, 0.29) is 11.9 Å². The Bertz CT molecular complexity index is 971. The number of alkyl halides is 2. The highest BCUT2D eigenvalue weighted by atomic mass is 32.1. The van der Waals surface area contributed by atoms with Gasteiger partial charge in [0.15, 0.2) is 6.61 Å². The standard InChI is InChI=1S/C24H31F2N5O2S/c1-24(25,26)15-33-23-30-20-14-31(11-9-21(20)34-23)10-8-17-2-5-19(6-3-17)29-22(32)7-4-18-12-27-16-28-13-18/h4,7,12-13,16-17,19H,2-3,5-6,8-11,14-15H2,1H3,(H,29,32)/b7-4+. The van der Waals surface area contributed by atoms with Crippen molar-refractivity contribution in [2.45, 2.75) is 64.0 Å². The second kappa shape index (κ2) is 11.3. The number of fused-ring (bicyclic) bond motifs is 1. The minimum absolute atomic E-state index is 0.0781. The van der Waals surface area contributed by atoms with Gasteiger partial charge in [0, 0.05) is 55.0 Å². The van der Waals surface area contributed by atoms with Gasteiger partial charge < -0.3 is 10.1 Å². The first kappa shape index (κ1) is 24.7. The molecule has 0 radical (unpaired) electrons. The van der Waals surface area contributed by atoms with Crippen LogP contribution in [0.1, 0.15) is 55.2 Å². The summed E-state index contributed by atoms with van der Waals surface area (Å²) in [7, 11) is 0. The summed E-state index contributed by atoms with van der Waals surface area (Å²) in [6.07, 6.45) is 14.3. The van der Waals surface area contributed by atoms with Gasteiger partial charge in [0.05, 0.1) is 5.69 Å². The fourth-order valence-electron chi connectivity index (χ4n) is 4.45. The molecule has 0 unspecified atom stereocenters. The number of nitrogens with zero attached hydrogens (tertiary/aromatic N) is 4. The summed E-state index contributed by atoms with van der Waals surface area (Å²) in [6, 6.07) is 0.224. The fourth-order valence-corrected chi connectivity index (χ4v) is 5.35. The maximum atomic E-state index is 13.0. The highest BCUT2D eigenvalue weighted by Crippen LogP contribution is 2.32. The normalized spacial score (nSPS) is 21.4. The molecule has 2 aromatic rings. The lowest BCUT2D eigenvalue weighted by Crippen LogP contribution is -2.37. The van der Waals surface area contributed by atoms with E-state index in [1.165, 1.54) is 23.7 Å². The van der Waals surface area contributed by atoms with Crippen LogP contribution >= 0.6 is 11.3 Å². The van der Waals surface area contributed by atoms with Gasteiger partial charge >= 0.3 is 0 Å². The van der Waals surface area contributed by atoms with Crippen LogP contribution in [0.5, 0.6) is 5.19 Å². The highest BCUT2D eigenvalue weighted by Gasteiger charge is 2.27. The monoisotopic (exact) mass is 491 g/mol. The number of hydrogen-bond donors (Lipinski definition) is 1. The topological polar surface area (TPSA) is 80.2 Å². The van der Waals surface area contributed by atoms with Crippen LogP contribution in [-0.4, -0.2) is 57.4 Å². The van der Waals surface area contributed by atoms with Crippen LogP contribution in [0.25, 0.3) is 6.08 Å². The van der Waals surface area contributed by atoms with Crippen LogP contribution in [0.15, 0.2) is 24.8 Å². The van der Waals surface area contributed by atoms with Gasteiger partial charge in [-0.2, -0.15) is 0 Å². The van der Waals surface area contributed by atoms with Crippen molar-refractivity contribution in [3.63, 3.8) is 0 Å². The molecule has 0 atom stereocenters. The van der Waals surface area contributed by atoms with E-state index in [1.54, 1.807) is 18.5 Å². The molecule has 34 heavy (non-hydrogen) atoms. The molecule has 0 aromatic carbocycles. The van der Waals surface area contributed by atoms with Crippen LogP contribution in [-0.2, 0) is 17.8 Å². The van der Waals surface area contributed by atoms with Gasteiger partial charge in [-0.3, -0.25) is 9.69 Å². The van der Waals surface area contributed by atoms with E-state index in [1.807, 2.05) is 0 Å². The minimum Gasteiger partial charge on any atom is -0.464 e. The second-order valence-corrected chi connectivity index (χ2v) is 10.3. The van der Waals surface area contributed by atoms with Crippen LogP contribution in [0.2, 0.25) is 0 Å². The van der Waals surface area contributed by atoms with Crippen molar-refractivity contribution in [1.82, 2.24) is 25.2 Å². The van der Waals surface area contributed by atoms with E-state index >= 15 is 0 Å². The first-order chi connectivity index (χ1) is 16.3. The predicted molar refractivity (Wildman–Crippen MR) is 127 cm³/mol. The Morgan fingerprint density at radius 3 is 2.79 bits per heavy atom. The third-order valence-corrected chi connectivity index (χ3v) is 7.36. The third-order valence-electron chi connectivity index (χ3n) is 6.29. The Balaban J connectivity index is 1.15. The number of hydrogen-bond acceptors (Lipinski definition) is 7. The SMILES string of the molecule is CC(F)(F)COc1nc2c(s1)CCN(CCC1CCC(NC(=O)/C=C/c3cncnc3)CC1)C2. The number of halogens is 2. The van der Waals surface area contributed by atoms with Gasteiger partial charge in [0.25, 0.3) is 11.1 Å². The minimum atomic E-state index is -2.85. The Morgan fingerprint density at radius 1 is 1.29 bits per heavy atom. The van der Waals surface area contributed by atoms with E-state index < -0.39 is 12.5 Å². The zero-order valence-electron chi connectivity index (χ0n) is 19.4. The lowest BCUT2D eigenvalue weighted by atomic mass is 9.84. The highest BCUT2D eigenvalue weighted by molar-refractivity contribution is 7.13. The average molecular weight is 492 g/mol. The molecule has 1 aliphatic heterocycles. The van der Waals surface area contributed by atoms with Crippen molar-refractivity contribution < 1.29 is 18.3 Å². The summed E-state index contributed by atoms with van der Waals surface area (Å²) < 4.78 is 31.3. The summed E-state index contributed by atoms with van der Waals surface area (Å²) in [5.74, 6) is -2.27. The maximum Gasteiger partial charge on any atom is 0.278 e. The van der Waals surface area contributed by atoms with Crippen molar-refractivity contribution >= 4 is 23.3 Å². The largest absolute Gasteiger partial charge is 0.464 e. The van der Waals surface area contributed by atoms with Crippen molar-refractivity contribution in [1.29, 1.82) is 0 Å². The van der Waals surface area contributed by atoms with Gasteiger partial charge in [-0.05, 0) is 57.1 Å². The Kier molecular flexibility index (Phi) is 8.20. The second-order valence-electron chi connectivity index (χ2n) is 9.25. The maximum absolute atomic E-state index is 13.0. The molecule has 1 aliphatic carbocycles. The summed E-state index contributed by atoms with van der Waals surface area (Å²) >= 11 is 1.39. The van der Waals surface area contributed by atoms with E-state index in [2.05, 4.69) is 25.2 Å². The van der Waals surface area contributed by atoms with Crippen LogP contribution in [0.3, 0.4) is 0 Å².